The molecule has 2 N–H and O–H groups in total. The van der Waals surface area contributed by atoms with Gasteiger partial charge in [0, 0.05) is 22.8 Å². The third kappa shape index (κ3) is 1.65. The molecule has 0 bridgehead atoms. The number of aromatic amines is 1. The zero-order valence-corrected chi connectivity index (χ0v) is 8.27. The highest BCUT2D eigenvalue weighted by Crippen LogP contribution is 2.22. The molecule has 0 radical (unpaired) electrons. The van der Waals surface area contributed by atoms with Gasteiger partial charge >= 0.3 is 0 Å². The van der Waals surface area contributed by atoms with Gasteiger partial charge in [-0.3, -0.25) is 0 Å². The van der Waals surface area contributed by atoms with Crippen molar-refractivity contribution in [2.45, 2.75) is 20.0 Å². The van der Waals surface area contributed by atoms with E-state index < -0.39 is 0 Å². The summed E-state index contributed by atoms with van der Waals surface area (Å²) in [6.45, 7) is 3.96. The highest BCUT2D eigenvalue weighted by atomic mass is 79.9. The maximum atomic E-state index is 9.51. The fourth-order valence-electron chi connectivity index (χ4n) is 1.26. The van der Waals surface area contributed by atoms with Gasteiger partial charge in [0.1, 0.15) is 0 Å². The number of halogens is 1. The predicted octanol–water partition coefficient (Wildman–Crippen LogP) is 2.06. The molecule has 0 aliphatic heterocycles. The van der Waals surface area contributed by atoms with E-state index in [1.165, 1.54) is 0 Å². The van der Waals surface area contributed by atoms with Gasteiger partial charge in [-0.25, -0.2) is 0 Å². The monoisotopic (exact) mass is 217 g/mol. The smallest absolute Gasteiger partial charge is 0.0906 e. The normalized spacial score (nSPS) is 13.5. The molecule has 2 nitrogen and oxygen atoms in total. The Labute approximate surface area is 74.8 Å². The summed E-state index contributed by atoms with van der Waals surface area (Å²) in [5, 5.41) is 10.1. The van der Waals surface area contributed by atoms with Gasteiger partial charge in [-0.05, 0) is 19.4 Å². The number of alkyl halides is 1. The van der Waals surface area contributed by atoms with Crippen molar-refractivity contribution in [1.82, 2.24) is 4.98 Å². The van der Waals surface area contributed by atoms with E-state index in [2.05, 4.69) is 20.9 Å². The lowest BCUT2D eigenvalue weighted by atomic mass is 10.1. The topological polar surface area (TPSA) is 36.0 Å². The molecule has 0 saturated heterocycles. The van der Waals surface area contributed by atoms with Crippen LogP contribution in [0.5, 0.6) is 0 Å². The van der Waals surface area contributed by atoms with Crippen LogP contribution >= 0.6 is 15.9 Å². The molecule has 0 saturated carbocycles. The van der Waals surface area contributed by atoms with Crippen LogP contribution < -0.4 is 0 Å². The second-order valence-corrected chi connectivity index (χ2v) is 3.33. The summed E-state index contributed by atoms with van der Waals surface area (Å²) in [5.41, 5.74) is 3.19. The van der Waals surface area contributed by atoms with Crippen molar-refractivity contribution in [2.24, 2.45) is 0 Å². The Morgan fingerprint density at radius 2 is 2.27 bits per heavy atom. The first-order valence-electron chi connectivity index (χ1n) is 3.55. The maximum absolute atomic E-state index is 9.51. The fourth-order valence-corrected chi connectivity index (χ4v) is 1.58. The van der Waals surface area contributed by atoms with Crippen molar-refractivity contribution in [3.63, 3.8) is 0 Å². The summed E-state index contributed by atoms with van der Waals surface area (Å²) < 4.78 is 0. The van der Waals surface area contributed by atoms with E-state index in [4.69, 9.17) is 0 Å². The van der Waals surface area contributed by atoms with Crippen molar-refractivity contribution >= 4 is 15.9 Å². The molecule has 0 aliphatic carbocycles. The van der Waals surface area contributed by atoms with Gasteiger partial charge in [-0.15, -0.1) is 0 Å². The minimum absolute atomic E-state index is 0.388. The minimum Gasteiger partial charge on any atom is -0.387 e. The van der Waals surface area contributed by atoms with E-state index in [9.17, 15) is 5.11 Å². The number of aliphatic hydroxyl groups is 1. The number of aliphatic hydroxyl groups excluding tert-OH is 1. The number of rotatable bonds is 2. The summed E-state index contributed by atoms with van der Waals surface area (Å²) in [4.78, 5) is 3.07. The molecule has 1 heterocycles. The van der Waals surface area contributed by atoms with Crippen LogP contribution in [0.4, 0.5) is 0 Å². The molecular formula is C8H12BrNO. The largest absolute Gasteiger partial charge is 0.387 e. The Balaban J connectivity index is 3.00. The Hall–Kier alpha value is -0.280. The van der Waals surface area contributed by atoms with Gasteiger partial charge < -0.3 is 10.1 Å². The second-order valence-electron chi connectivity index (χ2n) is 2.68. The molecule has 1 aromatic rings. The van der Waals surface area contributed by atoms with Gasteiger partial charge in [-0.2, -0.15) is 0 Å². The lowest BCUT2D eigenvalue weighted by molar-refractivity contribution is 0.204. The number of nitrogens with one attached hydrogen (secondary N) is 1. The lowest BCUT2D eigenvalue weighted by Gasteiger charge is -2.07. The molecule has 0 spiro atoms. The zero-order chi connectivity index (χ0) is 8.43. The minimum atomic E-state index is -0.388. The Bertz CT molecular complexity index is 225. The molecule has 0 amide bonds. The van der Waals surface area contributed by atoms with Gasteiger partial charge in [0.05, 0.1) is 6.10 Å². The first kappa shape index (κ1) is 8.81. The van der Waals surface area contributed by atoms with Crippen molar-refractivity contribution in [1.29, 1.82) is 0 Å². The molecule has 62 valence electrons. The van der Waals surface area contributed by atoms with Crippen LogP contribution in [-0.4, -0.2) is 15.4 Å². The molecule has 3 heteroatoms. The van der Waals surface area contributed by atoms with E-state index in [0.717, 1.165) is 16.8 Å². The zero-order valence-electron chi connectivity index (χ0n) is 6.69. The number of aryl methyl sites for hydroxylation is 2. The molecular weight excluding hydrogens is 206 g/mol. The number of aromatic nitrogens is 1. The van der Waals surface area contributed by atoms with Crippen molar-refractivity contribution in [3.05, 3.63) is 23.0 Å². The highest BCUT2D eigenvalue weighted by molar-refractivity contribution is 9.09. The van der Waals surface area contributed by atoms with Gasteiger partial charge in [0.2, 0.25) is 0 Å². The van der Waals surface area contributed by atoms with Crippen LogP contribution in [0.25, 0.3) is 0 Å². The molecule has 0 aliphatic rings. The standard InChI is InChI=1S/C8H12BrNO/c1-5-4-10-6(2)8(5)7(11)3-9/h4,7,10-11H,3H2,1-2H3. The van der Waals surface area contributed by atoms with Crippen LogP contribution in [0.2, 0.25) is 0 Å². The molecule has 1 atom stereocenters. The lowest BCUT2D eigenvalue weighted by Crippen LogP contribution is -2.00. The average molecular weight is 218 g/mol. The molecule has 0 aromatic carbocycles. The Morgan fingerprint density at radius 1 is 1.64 bits per heavy atom. The maximum Gasteiger partial charge on any atom is 0.0906 e. The van der Waals surface area contributed by atoms with Crippen LogP contribution in [-0.2, 0) is 0 Å². The van der Waals surface area contributed by atoms with Crippen molar-refractivity contribution in [2.75, 3.05) is 5.33 Å². The van der Waals surface area contributed by atoms with E-state index in [1.807, 2.05) is 20.0 Å². The number of H-pyrrole nitrogens is 1. The van der Waals surface area contributed by atoms with Crippen molar-refractivity contribution in [3.8, 4) is 0 Å². The molecule has 11 heavy (non-hydrogen) atoms. The van der Waals surface area contributed by atoms with Gasteiger partial charge in [-0.1, -0.05) is 15.9 Å². The molecule has 0 fully saturated rings. The van der Waals surface area contributed by atoms with Crippen molar-refractivity contribution < 1.29 is 5.11 Å². The van der Waals surface area contributed by atoms with Crippen LogP contribution in [0.15, 0.2) is 6.20 Å². The Kier molecular flexibility index (Phi) is 2.73. The van der Waals surface area contributed by atoms with E-state index in [1.54, 1.807) is 0 Å². The third-order valence-corrected chi connectivity index (χ3v) is 2.43. The van der Waals surface area contributed by atoms with Crippen LogP contribution in [0.3, 0.4) is 0 Å². The summed E-state index contributed by atoms with van der Waals surface area (Å²) in [6, 6.07) is 0. The van der Waals surface area contributed by atoms with Gasteiger partial charge in [0.15, 0.2) is 0 Å². The quantitative estimate of drug-likeness (QED) is 0.732. The summed E-state index contributed by atoms with van der Waals surface area (Å²) in [6.07, 6.45) is 1.53. The first-order valence-corrected chi connectivity index (χ1v) is 4.67. The van der Waals surface area contributed by atoms with Gasteiger partial charge in [0.25, 0.3) is 0 Å². The van der Waals surface area contributed by atoms with Crippen LogP contribution in [0, 0.1) is 13.8 Å². The fraction of sp³-hybridized carbons (Fsp3) is 0.500. The van der Waals surface area contributed by atoms with Crippen LogP contribution in [0.1, 0.15) is 22.9 Å². The second kappa shape index (κ2) is 3.41. The third-order valence-electron chi connectivity index (χ3n) is 1.81. The van der Waals surface area contributed by atoms with E-state index >= 15 is 0 Å². The molecule has 1 unspecified atom stereocenters. The molecule has 1 aromatic heterocycles. The van der Waals surface area contributed by atoms with E-state index in [-0.39, 0.29) is 6.10 Å². The summed E-state index contributed by atoms with van der Waals surface area (Å²) in [7, 11) is 0. The highest BCUT2D eigenvalue weighted by Gasteiger charge is 2.12. The number of hydrogen-bond acceptors (Lipinski definition) is 1. The average Bonchev–Trinajstić information content (AvgIpc) is 2.30. The SMILES string of the molecule is Cc1c[nH]c(C)c1C(O)CBr. The summed E-state index contributed by atoms with van der Waals surface area (Å²) >= 11 is 3.24. The Morgan fingerprint density at radius 3 is 2.64 bits per heavy atom. The first-order chi connectivity index (χ1) is 5.16. The predicted molar refractivity (Wildman–Crippen MR) is 49.0 cm³/mol. The molecule has 1 rings (SSSR count). The summed E-state index contributed by atoms with van der Waals surface area (Å²) in [5.74, 6) is 0. The van der Waals surface area contributed by atoms with E-state index in [0.29, 0.717) is 5.33 Å². The number of hydrogen-bond donors (Lipinski definition) is 2.